The Morgan fingerprint density at radius 3 is 2.57 bits per heavy atom. The van der Waals surface area contributed by atoms with Crippen LogP contribution in [0.1, 0.15) is 12.8 Å². The third kappa shape index (κ3) is 5.42. The average Bonchev–Trinajstić information content (AvgIpc) is 3.44. The molecule has 0 saturated carbocycles. The number of methoxy groups -OCH3 is 3. The summed E-state index contributed by atoms with van der Waals surface area (Å²) in [4.78, 5) is 18.2. The number of thiophene rings is 1. The van der Waals surface area contributed by atoms with Crippen molar-refractivity contribution in [3.05, 3.63) is 33.4 Å². The molecule has 13 heteroatoms. The van der Waals surface area contributed by atoms with Crippen LogP contribution in [-0.4, -0.2) is 64.2 Å². The van der Waals surface area contributed by atoms with Gasteiger partial charge in [0.05, 0.1) is 41.3 Å². The Balaban J connectivity index is 1.67. The average molecular weight is 560 g/mol. The first-order valence-corrected chi connectivity index (χ1v) is 14.3. The monoisotopic (exact) mass is 559 g/mol. The molecule has 190 valence electrons. The number of piperidine rings is 1. The van der Waals surface area contributed by atoms with Crippen molar-refractivity contribution in [2.75, 3.05) is 41.0 Å². The maximum Gasteiger partial charge on any atom is 0.252 e. The van der Waals surface area contributed by atoms with Gasteiger partial charge in [0.1, 0.15) is 4.21 Å². The number of carbonyl (C=O) groups is 1. The van der Waals surface area contributed by atoms with Crippen molar-refractivity contribution in [1.29, 1.82) is 0 Å². The van der Waals surface area contributed by atoms with Crippen LogP contribution in [0.4, 0.5) is 0 Å². The number of thiazole rings is 1. The van der Waals surface area contributed by atoms with Crippen LogP contribution in [0.25, 0.3) is 10.2 Å². The maximum atomic E-state index is 13.2. The van der Waals surface area contributed by atoms with Gasteiger partial charge in [-0.3, -0.25) is 4.79 Å². The van der Waals surface area contributed by atoms with Gasteiger partial charge in [-0.05, 0) is 25.0 Å². The zero-order chi connectivity index (χ0) is 25.2. The summed E-state index contributed by atoms with van der Waals surface area (Å²) in [7, 11) is 1.03. The molecule has 0 spiro atoms. The number of hydrogen-bond donors (Lipinski definition) is 0. The van der Waals surface area contributed by atoms with E-state index in [1.54, 1.807) is 27.4 Å². The van der Waals surface area contributed by atoms with Crippen molar-refractivity contribution in [2.45, 2.75) is 23.6 Å². The molecule has 0 aliphatic carbocycles. The van der Waals surface area contributed by atoms with Gasteiger partial charge in [0.15, 0.2) is 16.3 Å². The summed E-state index contributed by atoms with van der Waals surface area (Å²) in [6.07, 6.45) is 1.15. The normalized spacial score (nSPS) is 17.7. The van der Waals surface area contributed by atoms with Gasteiger partial charge >= 0.3 is 0 Å². The molecule has 2 aromatic heterocycles. The predicted octanol–water partition coefficient (Wildman–Crippen LogP) is 3.61. The van der Waals surface area contributed by atoms with Gasteiger partial charge in [0, 0.05) is 38.9 Å². The van der Waals surface area contributed by atoms with Crippen LogP contribution < -0.4 is 14.3 Å². The van der Waals surface area contributed by atoms with Crippen molar-refractivity contribution in [1.82, 2.24) is 8.87 Å². The predicted molar refractivity (Wildman–Crippen MR) is 136 cm³/mol. The second-order valence-electron chi connectivity index (χ2n) is 7.91. The fourth-order valence-electron chi connectivity index (χ4n) is 3.99. The lowest BCUT2D eigenvalue weighted by molar-refractivity contribution is -0.122. The second-order valence-corrected chi connectivity index (χ2v) is 12.8. The zero-order valence-electron chi connectivity index (χ0n) is 19.5. The number of ether oxygens (including phenoxy) is 3. The topological polar surface area (TPSA) is 99.4 Å². The molecule has 1 aromatic carbocycles. The van der Waals surface area contributed by atoms with Gasteiger partial charge in [-0.1, -0.05) is 22.9 Å². The largest absolute Gasteiger partial charge is 0.493 e. The van der Waals surface area contributed by atoms with E-state index in [0.717, 1.165) is 21.6 Å². The highest BCUT2D eigenvalue weighted by atomic mass is 35.5. The molecule has 1 aliphatic heterocycles. The van der Waals surface area contributed by atoms with Crippen LogP contribution >= 0.6 is 34.3 Å². The summed E-state index contributed by atoms with van der Waals surface area (Å²) in [5.41, 5.74) is 0.846. The summed E-state index contributed by atoms with van der Waals surface area (Å²) in [6, 6.07) is 6.76. The van der Waals surface area contributed by atoms with E-state index in [-0.39, 0.29) is 16.7 Å². The number of fused-ring (bicyclic) bond motifs is 1. The fourth-order valence-corrected chi connectivity index (χ4v) is 8.22. The Hall–Kier alpha value is -1.96. The lowest BCUT2D eigenvalue weighted by Gasteiger charge is -2.29. The standard InChI is InChI=1S/C22H26ClN3O6S3/c1-30-10-9-26-15-11-16(31-2)17(32-3)12-18(15)33-22(26)24-21(27)14-5-4-8-25(13-14)35(28,29)20-7-6-19(23)34-20/h6-7,11-12,14H,4-5,8-10,13H2,1-3H3. The number of carbonyl (C=O) groups excluding carboxylic acids is 1. The summed E-state index contributed by atoms with van der Waals surface area (Å²) in [5, 5.41) is 0. The molecule has 1 fully saturated rings. The highest BCUT2D eigenvalue weighted by Gasteiger charge is 2.34. The van der Waals surface area contributed by atoms with E-state index in [9.17, 15) is 13.2 Å². The lowest BCUT2D eigenvalue weighted by Crippen LogP contribution is -2.42. The Kier molecular flexibility index (Phi) is 8.19. The molecular weight excluding hydrogens is 534 g/mol. The Morgan fingerprint density at radius 1 is 1.17 bits per heavy atom. The molecule has 1 atom stereocenters. The first-order valence-electron chi connectivity index (χ1n) is 10.9. The van der Waals surface area contributed by atoms with Crippen LogP contribution in [0.2, 0.25) is 4.34 Å². The number of hydrogen-bond acceptors (Lipinski definition) is 8. The molecular formula is C22H26ClN3O6S3. The molecule has 0 N–H and O–H groups in total. The minimum absolute atomic E-state index is 0.0881. The minimum Gasteiger partial charge on any atom is -0.493 e. The van der Waals surface area contributed by atoms with Gasteiger partial charge in [-0.15, -0.1) is 11.3 Å². The maximum absolute atomic E-state index is 13.2. The first-order chi connectivity index (χ1) is 16.8. The zero-order valence-corrected chi connectivity index (χ0v) is 22.7. The third-order valence-electron chi connectivity index (χ3n) is 5.79. The molecule has 0 radical (unpaired) electrons. The molecule has 35 heavy (non-hydrogen) atoms. The van der Waals surface area contributed by atoms with Gasteiger partial charge in [0.2, 0.25) is 0 Å². The summed E-state index contributed by atoms with van der Waals surface area (Å²) in [6.45, 7) is 1.37. The molecule has 1 saturated heterocycles. The number of sulfonamides is 1. The van der Waals surface area contributed by atoms with E-state index in [1.165, 1.54) is 21.7 Å². The quantitative estimate of drug-likeness (QED) is 0.418. The van der Waals surface area contributed by atoms with E-state index in [4.69, 9.17) is 25.8 Å². The smallest absolute Gasteiger partial charge is 0.252 e. The van der Waals surface area contributed by atoms with Crippen molar-refractivity contribution in [2.24, 2.45) is 10.9 Å². The van der Waals surface area contributed by atoms with Crippen LogP contribution in [0.3, 0.4) is 0 Å². The third-order valence-corrected chi connectivity index (χ3v) is 10.4. The molecule has 1 unspecified atom stereocenters. The molecule has 3 heterocycles. The number of halogens is 1. The van der Waals surface area contributed by atoms with E-state index >= 15 is 0 Å². The number of amides is 1. The number of benzene rings is 1. The van der Waals surface area contributed by atoms with E-state index in [1.807, 2.05) is 16.7 Å². The Morgan fingerprint density at radius 2 is 1.91 bits per heavy atom. The van der Waals surface area contributed by atoms with E-state index in [2.05, 4.69) is 4.99 Å². The number of nitrogens with zero attached hydrogens (tertiary/aromatic N) is 3. The van der Waals surface area contributed by atoms with Gasteiger partial charge in [0.25, 0.3) is 15.9 Å². The van der Waals surface area contributed by atoms with Crippen LogP contribution in [0.5, 0.6) is 11.5 Å². The lowest BCUT2D eigenvalue weighted by atomic mass is 9.99. The molecule has 0 bridgehead atoms. The summed E-state index contributed by atoms with van der Waals surface area (Å²) in [5.74, 6) is 0.286. The van der Waals surface area contributed by atoms with E-state index in [0.29, 0.717) is 53.2 Å². The highest BCUT2D eigenvalue weighted by Crippen LogP contribution is 2.34. The van der Waals surface area contributed by atoms with Crippen LogP contribution in [0, 0.1) is 5.92 Å². The molecule has 3 aromatic rings. The Labute approximate surface area is 216 Å². The Bertz CT molecular complexity index is 1400. The molecule has 1 amide bonds. The van der Waals surface area contributed by atoms with Gasteiger partial charge in [-0.25, -0.2) is 8.42 Å². The SMILES string of the molecule is COCCn1c(=NC(=O)C2CCCN(S(=O)(=O)c3ccc(Cl)s3)C2)sc2cc(OC)c(OC)cc21. The van der Waals surface area contributed by atoms with Crippen molar-refractivity contribution < 1.29 is 27.4 Å². The van der Waals surface area contributed by atoms with Crippen molar-refractivity contribution in [3.8, 4) is 11.5 Å². The fraction of sp³-hybridized carbons (Fsp3) is 0.455. The number of aromatic nitrogens is 1. The van der Waals surface area contributed by atoms with Crippen molar-refractivity contribution >= 4 is 60.4 Å². The minimum atomic E-state index is -3.71. The van der Waals surface area contributed by atoms with Crippen LogP contribution in [0.15, 0.2) is 33.5 Å². The highest BCUT2D eigenvalue weighted by molar-refractivity contribution is 7.91. The molecule has 4 rings (SSSR count). The van der Waals surface area contributed by atoms with Crippen molar-refractivity contribution in [3.63, 3.8) is 0 Å². The molecule has 1 aliphatic rings. The second kappa shape index (κ2) is 11.0. The van der Waals surface area contributed by atoms with E-state index < -0.39 is 15.9 Å². The number of rotatable bonds is 8. The molecule has 9 nitrogen and oxygen atoms in total. The van der Waals surface area contributed by atoms with Crippen LogP contribution in [-0.2, 0) is 26.1 Å². The van der Waals surface area contributed by atoms with Gasteiger partial charge in [-0.2, -0.15) is 9.30 Å². The summed E-state index contributed by atoms with van der Waals surface area (Å²) < 4.78 is 46.9. The van der Waals surface area contributed by atoms with Gasteiger partial charge < -0.3 is 18.8 Å². The first kappa shape index (κ1) is 26.1. The summed E-state index contributed by atoms with van der Waals surface area (Å²) >= 11 is 8.31.